The molecule has 0 amide bonds. The van der Waals surface area contributed by atoms with Crippen LogP contribution in [0, 0.1) is 12.8 Å². The van der Waals surface area contributed by atoms with Gasteiger partial charge in [-0.05, 0) is 39.7 Å². The normalized spacial score (nSPS) is 21.9. The van der Waals surface area contributed by atoms with Crippen molar-refractivity contribution in [2.45, 2.75) is 33.2 Å². The molecule has 2 heterocycles. The van der Waals surface area contributed by atoms with Crippen LogP contribution in [0.5, 0.6) is 0 Å². The summed E-state index contributed by atoms with van der Waals surface area (Å²) in [5, 5.41) is 3.37. The number of aryl methyl sites for hydroxylation is 1. The summed E-state index contributed by atoms with van der Waals surface area (Å²) >= 11 is 0. The van der Waals surface area contributed by atoms with Crippen molar-refractivity contribution in [3.8, 4) is 0 Å². The second-order valence-corrected chi connectivity index (χ2v) is 5.04. The molecule has 1 fully saturated rings. The Bertz CT molecular complexity index is 332. The number of rotatable bonds is 4. The monoisotopic (exact) mass is 222 g/mol. The predicted octanol–water partition coefficient (Wildman–Crippen LogP) is 1.86. The number of imidazole rings is 1. The molecule has 16 heavy (non-hydrogen) atoms. The van der Waals surface area contributed by atoms with Crippen LogP contribution in [0.1, 0.15) is 26.0 Å². The Morgan fingerprint density at radius 2 is 2.44 bits per heavy atom. The smallest absolute Gasteiger partial charge is 0.200 e. The molecule has 1 unspecified atom stereocenters. The van der Waals surface area contributed by atoms with Crippen LogP contribution < -0.4 is 5.32 Å². The summed E-state index contributed by atoms with van der Waals surface area (Å²) in [4.78, 5) is 9.99. The molecule has 0 saturated carbocycles. The SMILES string of the molecule is Cc1cnc(NCC2CCN(C(C)C)C2)[nH]1. The highest BCUT2D eigenvalue weighted by atomic mass is 15.2. The van der Waals surface area contributed by atoms with Gasteiger partial charge in [0.25, 0.3) is 0 Å². The Kier molecular flexibility index (Phi) is 3.49. The summed E-state index contributed by atoms with van der Waals surface area (Å²) in [5.74, 6) is 1.66. The van der Waals surface area contributed by atoms with Gasteiger partial charge < -0.3 is 15.2 Å². The summed E-state index contributed by atoms with van der Waals surface area (Å²) < 4.78 is 0. The largest absolute Gasteiger partial charge is 0.355 e. The van der Waals surface area contributed by atoms with E-state index in [1.165, 1.54) is 19.5 Å². The summed E-state index contributed by atoms with van der Waals surface area (Å²) in [6.07, 6.45) is 3.16. The van der Waals surface area contributed by atoms with Gasteiger partial charge in [-0.15, -0.1) is 0 Å². The highest BCUT2D eigenvalue weighted by Crippen LogP contribution is 2.18. The molecule has 0 radical (unpaired) electrons. The second-order valence-electron chi connectivity index (χ2n) is 5.04. The first kappa shape index (κ1) is 11.5. The molecule has 1 aromatic heterocycles. The molecule has 4 nitrogen and oxygen atoms in total. The van der Waals surface area contributed by atoms with Crippen molar-refractivity contribution >= 4 is 5.95 Å². The second kappa shape index (κ2) is 4.87. The third-order valence-corrected chi connectivity index (χ3v) is 3.31. The highest BCUT2D eigenvalue weighted by molar-refractivity contribution is 5.25. The zero-order chi connectivity index (χ0) is 11.5. The topological polar surface area (TPSA) is 44.0 Å². The molecule has 0 aromatic carbocycles. The molecule has 2 N–H and O–H groups in total. The van der Waals surface area contributed by atoms with Gasteiger partial charge in [0, 0.05) is 31.0 Å². The molecule has 0 aliphatic carbocycles. The van der Waals surface area contributed by atoms with Gasteiger partial charge in [-0.3, -0.25) is 0 Å². The van der Waals surface area contributed by atoms with Crippen LogP contribution in [0.3, 0.4) is 0 Å². The van der Waals surface area contributed by atoms with Crippen molar-refractivity contribution in [2.75, 3.05) is 25.0 Å². The fourth-order valence-corrected chi connectivity index (χ4v) is 2.24. The quantitative estimate of drug-likeness (QED) is 0.817. The Morgan fingerprint density at radius 3 is 3.00 bits per heavy atom. The molecule has 1 aliphatic heterocycles. The van der Waals surface area contributed by atoms with Gasteiger partial charge in [-0.1, -0.05) is 0 Å². The number of aromatic nitrogens is 2. The van der Waals surface area contributed by atoms with Gasteiger partial charge in [-0.2, -0.15) is 0 Å². The maximum absolute atomic E-state index is 4.25. The van der Waals surface area contributed by atoms with Gasteiger partial charge >= 0.3 is 0 Å². The standard InChI is InChI=1S/C12H22N4/c1-9(2)16-5-4-11(8-16)7-14-12-13-6-10(3)15-12/h6,9,11H,4-5,7-8H2,1-3H3,(H2,13,14,15). The molecule has 1 aromatic rings. The molecule has 0 bridgehead atoms. The molecule has 90 valence electrons. The van der Waals surface area contributed by atoms with E-state index in [-0.39, 0.29) is 0 Å². The Hall–Kier alpha value is -1.03. The Morgan fingerprint density at radius 1 is 1.62 bits per heavy atom. The van der Waals surface area contributed by atoms with Crippen molar-refractivity contribution in [2.24, 2.45) is 5.92 Å². The van der Waals surface area contributed by atoms with Crippen molar-refractivity contribution < 1.29 is 0 Å². The lowest BCUT2D eigenvalue weighted by Gasteiger charge is -2.20. The number of nitrogens with one attached hydrogen (secondary N) is 2. The molecule has 1 saturated heterocycles. The van der Waals surface area contributed by atoms with Gasteiger partial charge in [0.1, 0.15) is 0 Å². The zero-order valence-electron chi connectivity index (χ0n) is 10.5. The minimum absolute atomic E-state index is 0.677. The number of hydrogen-bond donors (Lipinski definition) is 2. The lowest BCUT2D eigenvalue weighted by molar-refractivity contribution is 0.266. The third kappa shape index (κ3) is 2.76. The van der Waals surface area contributed by atoms with Gasteiger partial charge in [0.2, 0.25) is 0 Å². The molecule has 2 rings (SSSR count). The lowest BCUT2D eigenvalue weighted by Crippen LogP contribution is -2.29. The van der Waals surface area contributed by atoms with Crippen LogP contribution in [-0.2, 0) is 0 Å². The number of anilines is 1. The van der Waals surface area contributed by atoms with Crippen LogP contribution in [0.2, 0.25) is 0 Å². The van der Waals surface area contributed by atoms with E-state index in [4.69, 9.17) is 0 Å². The van der Waals surface area contributed by atoms with Crippen LogP contribution in [0.15, 0.2) is 6.20 Å². The first-order chi connectivity index (χ1) is 7.65. The molecular formula is C12H22N4. The lowest BCUT2D eigenvalue weighted by atomic mass is 10.1. The van der Waals surface area contributed by atoms with E-state index < -0.39 is 0 Å². The Labute approximate surface area is 97.4 Å². The van der Waals surface area contributed by atoms with E-state index in [2.05, 4.69) is 34.0 Å². The van der Waals surface area contributed by atoms with E-state index in [9.17, 15) is 0 Å². The molecular weight excluding hydrogens is 200 g/mol. The summed E-state index contributed by atoms with van der Waals surface area (Å²) in [6.45, 7) is 10.0. The fraction of sp³-hybridized carbons (Fsp3) is 0.750. The predicted molar refractivity (Wildman–Crippen MR) is 66.6 cm³/mol. The van der Waals surface area contributed by atoms with Crippen molar-refractivity contribution in [1.29, 1.82) is 0 Å². The van der Waals surface area contributed by atoms with E-state index in [1.807, 2.05) is 13.1 Å². The number of H-pyrrole nitrogens is 1. The molecule has 4 heteroatoms. The first-order valence-corrected chi connectivity index (χ1v) is 6.14. The number of nitrogens with zero attached hydrogens (tertiary/aromatic N) is 2. The third-order valence-electron chi connectivity index (χ3n) is 3.31. The summed E-state index contributed by atoms with van der Waals surface area (Å²) in [7, 11) is 0. The van der Waals surface area contributed by atoms with E-state index >= 15 is 0 Å². The molecule has 1 aliphatic rings. The summed E-state index contributed by atoms with van der Waals surface area (Å²) in [6, 6.07) is 0.677. The number of hydrogen-bond acceptors (Lipinski definition) is 3. The molecule has 0 spiro atoms. The summed E-state index contributed by atoms with van der Waals surface area (Å²) in [5.41, 5.74) is 1.11. The Balaban J connectivity index is 1.75. The van der Waals surface area contributed by atoms with E-state index in [1.54, 1.807) is 0 Å². The fourth-order valence-electron chi connectivity index (χ4n) is 2.24. The minimum Gasteiger partial charge on any atom is -0.355 e. The van der Waals surface area contributed by atoms with E-state index in [0.29, 0.717) is 6.04 Å². The number of likely N-dealkylation sites (tertiary alicyclic amines) is 1. The van der Waals surface area contributed by atoms with Gasteiger partial charge in [0.05, 0.1) is 0 Å². The van der Waals surface area contributed by atoms with Crippen LogP contribution in [0.4, 0.5) is 5.95 Å². The molecule has 1 atom stereocenters. The van der Waals surface area contributed by atoms with Crippen LogP contribution in [0.25, 0.3) is 0 Å². The minimum atomic E-state index is 0.677. The van der Waals surface area contributed by atoms with Crippen LogP contribution >= 0.6 is 0 Å². The highest BCUT2D eigenvalue weighted by Gasteiger charge is 2.23. The van der Waals surface area contributed by atoms with Crippen molar-refractivity contribution in [1.82, 2.24) is 14.9 Å². The zero-order valence-corrected chi connectivity index (χ0v) is 10.5. The van der Waals surface area contributed by atoms with Gasteiger partial charge in [0.15, 0.2) is 5.95 Å². The first-order valence-electron chi connectivity index (χ1n) is 6.14. The van der Waals surface area contributed by atoms with Gasteiger partial charge in [-0.25, -0.2) is 4.98 Å². The van der Waals surface area contributed by atoms with Crippen molar-refractivity contribution in [3.63, 3.8) is 0 Å². The average molecular weight is 222 g/mol. The van der Waals surface area contributed by atoms with E-state index in [0.717, 1.165) is 24.1 Å². The average Bonchev–Trinajstić information content (AvgIpc) is 2.83. The van der Waals surface area contributed by atoms with Crippen LogP contribution in [-0.4, -0.2) is 40.5 Å². The maximum atomic E-state index is 4.25. The van der Waals surface area contributed by atoms with Crippen molar-refractivity contribution in [3.05, 3.63) is 11.9 Å². The maximum Gasteiger partial charge on any atom is 0.200 e. The number of aromatic amines is 1.